The first-order valence-electron chi connectivity index (χ1n) is 5.15. The summed E-state index contributed by atoms with van der Waals surface area (Å²) in [5, 5.41) is 1.79. The van der Waals surface area contributed by atoms with Gasteiger partial charge in [-0.1, -0.05) is 80.4 Å². The molecule has 0 bridgehead atoms. The van der Waals surface area contributed by atoms with Crippen LogP contribution >= 0.6 is 31.9 Å². The number of rotatable bonds is 3. The molecule has 0 radical (unpaired) electrons. The van der Waals surface area contributed by atoms with Crippen LogP contribution < -0.4 is 0 Å². The van der Waals surface area contributed by atoms with E-state index in [2.05, 4.69) is 74.3 Å². The zero-order valence-corrected chi connectivity index (χ0v) is 12.0. The minimum absolute atomic E-state index is 0.888. The van der Waals surface area contributed by atoms with Gasteiger partial charge in [-0.2, -0.15) is 0 Å². The van der Waals surface area contributed by atoms with Crippen LogP contribution in [0.1, 0.15) is 11.1 Å². The average Bonchev–Trinajstić information content (AvgIpc) is 2.38. The summed E-state index contributed by atoms with van der Waals surface area (Å²) in [6.45, 7) is 0. The zero-order chi connectivity index (χ0) is 11.4. The van der Waals surface area contributed by atoms with Crippen molar-refractivity contribution in [1.82, 2.24) is 0 Å². The van der Waals surface area contributed by atoms with E-state index in [0.717, 1.165) is 10.7 Å². The fourth-order valence-electron chi connectivity index (χ4n) is 1.81. The summed E-state index contributed by atoms with van der Waals surface area (Å²) in [5.74, 6) is 0. The van der Waals surface area contributed by atoms with Crippen LogP contribution in [0.5, 0.6) is 0 Å². The predicted molar refractivity (Wildman–Crippen MR) is 77.1 cm³/mol. The molecule has 0 saturated heterocycles. The van der Waals surface area contributed by atoms with E-state index in [9.17, 15) is 0 Å². The molecule has 0 N–H and O–H groups in total. The van der Waals surface area contributed by atoms with Gasteiger partial charge in [-0.3, -0.25) is 0 Å². The van der Waals surface area contributed by atoms with Crippen molar-refractivity contribution in [3.63, 3.8) is 0 Å². The molecule has 0 saturated carbocycles. The molecule has 0 aliphatic carbocycles. The van der Waals surface area contributed by atoms with Crippen molar-refractivity contribution in [3.05, 3.63) is 59.7 Å². The van der Waals surface area contributed by atoms with Gasteiger partial charge in [0.15, 0.2) is 0 Å². The molecule has 0 aromatic heterocycles. The first-order chi connectivity index (χ1) is 7.86. The van der Waals surface area contributed by atoms with Gasteiger partial charge in [-0.25, -0.2) is 0 Å². The lowest BCUT2D eigenvalue weighted by atomic mass is 9.97. The van der Waals surface area contributed by atoms with E-state index in [1.54, 1.807) is 0 Å². The van der Waals surface area contributed by atoms with Crippen molar-refractivity contribution in [3.8, 4) is 11.1 Å². The van der Waals surface area contributed by atoms with E-state index in [0.29, 0.717) is 0 Å². The Balaban J connectivity index is 2.57. The van der Waals surface area contributed by atoms with Crippen molar-refractivity contribution in [2.24, 2.45) is 0 Å². The maximum absolute atomic E-state index is 3.58. The lowest BCUT2D eigenvalue weighted by molar-refractivity contribution is 1.30. The second-order valence-electron chi connectivity index (χ2n) is 3.58. The second-order valence-corrected chi connectivity index (χ2v) is 4.70. The fraction of sp³-hybridized carbons (Fsp3) is 0.143. The summed E-state index contributed by atoms with van der Waals surface area (Å²) in [6, 6.07) is 17.0. The molecule has 0 aliphatic heterocycles. The fourth-order valence-corrected chi connectivity index (χ4v) is 2.99. The Morgan fingerprint density at radius 2 is 1.50 bits per heavy atom. The maximum atomic E-state index is 3.58. The lowest BCUT2D eigenvalue weighted by Crippen LogP contribution is -1.92. The van der Waals surface area contributed by atoms with Gasteiger partial charge in [0.1, 0.15) is 0 Å². The van der Waals surface area contributed by atoms with Crippen LogP contribution in [-0.2, 0) is 10.7 Å². The molecule has 2 aromatic carbocycles. The normalized spacial score (nSPS) is 10.4. The van der Waals surface area contributed by atoms with Gasteiger partial charge in [0, 0.05) is 10.7 Å². The van der Waals surface area contributed by atoms with Crippen molar-refractivity contribution in [2.75, 3.05) is 0 Å². The van der Waals surface area contributed by atoms with E-state index in [4.69, 9.17) is 0 Å². The Morgan fingerprint density at radius 3 is 2.12 bits per heavy atom. The summed E-state index contributed by atoms with van der Waals surface area (Å²) < 4.78 is 0. The molecule has 0 amide bonds. The van der Waals surface area contributed by atoms with Gasteiger partial charge < -0.3 is 0 Å². The highest BCUT2D eigenvalue weighted by atomic mass is 79.9. The van der Waals surface area contributed by atoms with Gasteiger partial charge in [0.2, 0.25) is 0 Å². The van der Waals surface area contributed by atoms with Crippen LogP contribution in [0.3, 0.4) is 0 Å². The van der Waals surface area contributed by atoms with Gasteiger partial charge in [0.25, 0.3) is 0 Å². The van der Waals surface area contributed by atoms with Crippen LogP contribution in [0.2, 0.25) is 0 Å². The smallest absolute Gasteiger partial charge is 0.0292 e. The molecule has 0 spiro atoms. The largest absolute Gasteiger partial charge is 0.0876 e. The van der Waals surface area contributed by atoms with Crippen molar-refractivity contribution >= 4 is 31.9 Å². The number of alkyl halides is 2. The quantitative estimate of drug-likeness (QED) is 0.679. The second kappa shape index (κ2) is 5.65. The molecule has 0 atom stereocenters. The SMILES string of the molecule is BrCc1cccc(-c2ccccc2)c1CBr. The molecule has 2 heteroatoms. The molecule has 0 fully saturated rings. The Kier molecular flexibility index (Phi) is 4.19. The number of halogens is 2. The van der Waals surface area contributed by atoms with E-state index in [1.807, 2.05) is 6.07 Å². The van der Waals surface area contributed by atoms with E-state index in [1.165, 1.54) is 22.3 Å². The van der Waals surface area contributed by atoms with Gasteiger partial charge in [-0.05, 0) is 22.3 Å². The van der Waals surface area contributed by atoms with Gasteiger partial charge >= 0.3 is 0 Å². The van der Waals surface area contributed by atoms with Gasteiger partial charge in [-0.15, -0.1) is 0 Å². The molecule has 0 heterocycles. The summed E-state index contributed by atoms with van der Waals surface area (Å²) in [7, 11) is 0. The van der Waals surface area contributed by atoms with E-state index < -0.39 is 0 Å². The highest BCUT2D eigenvalue weighted by Gasteiger charge is 2.07. The summed E-state index contributed by atoms with van der Waals surface area (Å²) >= 11 is 7.11. The highest BCUT2D eigenvalue weighted by Crippen LogP contribution is 2.29. The first kappa shape index (κ1) is 11.9. The lowest BCUT2D eigenvalue weighted by Gasteiger charge is -2.11. The molecule has 16 heavy (non-hydrogen) atoms. The molecule has 0 unspecified atom stereocenters. The van der Waals surface area contributed by atoms with Crippen molar-refractivity contribution < 1.29 is 0 Å². The Hall–Kier alpha value is -0.600. The minimum Gasteiger partial charge on any atom is -0.0876 e. The monoisotopic (exact) mass is 338 g/mol. The van der Waals surface area contributed by atoms with Crippen LogP contribution in [-0.4, -0.2) is 0 Å². The molecular formula is C14H12Br2. The predicted octanol–water partition coefficient (Wildman–Crippen LogP) is 5.14. The number of benzene rings is 2. The zero-order valence-electron chi connectivity index (χ0n) is 8.79. The van der Waals surface area contributed by atoms with Gasteiger partial charge in [0.05, 0.1) is 0 Å². The van der Waals surface area contributed by atoms with Crippen molar-refractivity contribution in [1.29, 1.82) is 0 Å². The van der Waals surface area contributed by atoms with Crippen LogP contribution in [0.4, 0.5) is 0 Å². The highest BCUT2D eigenvalue weighted by molar-refractivity contribution is 9.09. The standard InChI is InChI=1S/C14H12Br2/c15-9-12-7-4-8-13(14(12)10-16)11-5-2-1-3-6-11/h1-8H,9-10H2. The molecule has 82 valence electrons. The number of hydrogen-bond acceptors (Lipinski definition) is 0. The van der Waals surface area contributed by atoms with Crippen LogP contribution in [0.25, 0.3) is 11.1 Å². The van der Waals surface area contributed by atoms with Crippen molar-refractivity contribution in [2.45, 2.75) is 10.7 Å². The first-order valence-corrected chi connectivity index (χ1v) is 7.39. The third-order valence-electron chi connectivity index (χ3n) is 2.64. The average molecular weight is 340 g/mol. The Labute approximate surface area is 113 Å². The minimum atomic E-state index is 0.888. The van der Waals surface area contributed by atoms with Crippen LogP contribution in [0, 0.1) is 0 Å². The molecule has 0 nitrogen and oxygen atoms in total. The Morgan fingerprint density at radius 1 is 0.750 bits per heavy atom. The summed E-state index contributed by atoms with van der Waals surface area (Å²) in [4.78, 5) is 0. The number of hydrogen-bond donors (Lipinski definition) is 0. The van der Waals surface area contributed by atoms with E-state index in [-0.39, 0.29) is 0 Å². The third kappa shape index (κ3) is 2.38. The summed E-state index contributed by atoms with van der Waals surface area (Å²) in [5.41, 5.74) is 5.30. The van der Waals surface area contributed by atoms with E-state index >= 15 is 0 Å². The molecule has 0 aliphatic rings. The van der Waals surface area contributed by atoms with Crippen LogP contribution in [0.15, 0.2) is 48.5 Å². The maximum Gasteiger partial charge on any atom is 0.0292 e. The molecule has 2 rings (SSSR count). The Bertz CT molecular complexity index is 463. The summed E-state index contributed by atoms with van der Waals surface area (Å²) in [6.07, 6.45) is 0. The molecule has 2 aromatic rings. The third-order valence-corrected chi connectivity index (χ3v) is 3.80. The molecular weight excluding hydrogens is 328 g/mol. The topological polar surface area (TPSA) is 0 Å².